The van der Waals surface area contributed by atoms with Crippen LogP contribution in [0.5, 0.6) is 0 Å². The second-order valence-electron chi connectivity index (χ2n) is 5.24. The van der Waals surface area contributed by atoms with Crippen molar-refractivity contribution in [3.8, 4) is 0 Å². The summed E-state index contributed by atoms with van der Waals surface area (Å²) < 4.78 is 39.0. The predicted octanol–water partition coefficient (Wildman–Crippen LogP) is 2.29. The van der Waals surface area contributed by atoms with Gasteiger partial charge in [-0.25, -0.2) is 4.98 Å². The molecule has 2 fully saturated rings. The van der Waals surface area contributed by atoms with Gasteiger partial charge in [0, 0.05) is 25.3 Å². The summed E-state index contributed by atoms with van der Waals surface area (Å²) in [5.74, 6) is 0.517. The third-order valence-corrected chi connectivity index (χ3v) is 3.99. The highest BCUT2D eigenvalue weighted by atomic mass is 19.4. The maximum absolute atomic E-state index is 13.0. The fraction of sp³-hybridized carbons (Fsp3) is 0.615. The SMILES string of the molecule is FC(F)(F)c1cccnc1N1C[C@@H]2CCCN[C@@H]2C1. The van der Waals surface area contributed by atoms with Gasteiger partial charge in [0.25, 0.3) is 0 Å². The summed E-state index contributed by atoms with van der Waals surface area (Å²) >= 11 is 0. The number of anilines is 1. The maximum atomic E-state index is 13.0. The molecule has 3 rings (SSSR count). The normalized spacial score (nSPS) is 27.4. The van der Waals surface area contributed by atoms with Crippen LogP contribution in [0.25, 0.3) is 0 Å². The van der Waals surface area contributed by atoms with E-state index in [1.165, 1.54) is 12.3 Å². The largest absolute Gasteiger partial charge is 0.419 e. The van der Waals surface area contributed by atoms with Gasteiger partial charge in [-0.1, -0.05) is 0 Å². The number of rotatable bonds is 1. The lowest BCUT2D eigenvalue weighted by molar-refractivity contribution is -0.137. The minimum atomic E-state index is -4.34. The molecule has 2 atom stereocenters. The van der Waals surface area contributed by atoms with Gasteiger partial charge in [0.05, 0.1) is 5.56 Å². The van der Waals surface area contributed by atoms with Gasteiger partial charge in [-0.3, -0.25) is 0 Å². The number of nitrogens with zero attached hydrogens (tertiary/aromatic N) is 2. The number of hydrogen-bond acceptors (Lipinski definition) is 3. The third kappa shape index (κ3) is 2.41. The molecular weight excluding hydrogens is 255 g/mol. The van der Waals surface area contributed by atoms with E-state index in [-0.39, 0.29) is 5.82 Å². The van der Waals surface area contributed by atoms with E-state index in [0.717, 1.165) is 25.5 Å². The molecule has 0 spiro atoms. The minimum absolute atomic E-state index is 0.0752. The fourth-order valence-electron chi connectivity index (χ4n) is 3.09. The lowest BCUT2D eigenvalue weighted by atomic mass is 9.94. The van der Waals surface area contributed by atoms with Gasteiger partial charge in [-0.15, -0.1) is 0 Å². The zero-order chi connectivity index (χ0) is 13.5. The van der Waals surface area contributed by atoms with E-state index in [1.54, 1.807) is 4.90 Å². The number of halogens is 3. The Kier molecular flexibility index (Phi) is 3.12. The number of piperidine rings is 1. The van der Waals surface area contributed by atoms with Crippen LogP contribution in [-0.4, -0.2) is 30.7 Å². The van der Waals surface area contributed by atoms with Crippen LogP contribution in [0.2, 0.25) is 0 Å². The van der Waals surface area contributed by atoms with E-state index in [9.17, 15) is 13.2 Å². The summed E-state index contributed by atoms with van der Waals surface area (Å²) in [4.78, 5) is 5.74. The Labute approximate surface area is 109 Å². The van der Waals surface area contributed by atoms with Crippen LogP contribution in [0.4, 0.5) is 19.0 Å². The van der Waals surface area contributed by atoms with E-state index in [2.05, 4.69) is 10.3 Å². The Morgan fingerprint density at radius 2 is 2.16 bits per heavy atom. The molecule has 1 aromatic heterocycles. The van der Waals surface area contributed by atoms with Crippen molar-refractivity contribution < 1.29 is 13.2 Å². The minimum Gasteiger partial charge on any atom is -0.354 e. The second kappa shape index (κ2) is 4.67. The van der Waals surface area contributed by atoms with Crippen molar-refractivity contribution >= 4 is 5.82 Å². The standard InChI is InChI=1S/C13H16F3N3/c14-13(15,16)10-4-2-6-18-12(10)19-7-9-3-1-5-17-11(9)8-19/h2,4,6,9,11,17H,1,3,5,7-8H2/t9-,11+/m0/s1. The van der Waals surface area contributed by atoms with Crippen LogP contribution in [-0.2, 0) is 6.18 Å². The molecule has 0 amide bonds. The molecule has 0 aliphatic carbocycles. The van der Waals surface area contributed by atoms with Crippen molar-refractivity contribution in [2.45, 2.75) is 25.1 Å². The molecule has 19 heavy (non-hydrogen) atoms. The van der Waals surface area contributed by atoms with Crippen molar-refractivity contribution in [3.05, 3.63) is 23.9 Å². The number of nitrogens with one attached hydrogen (secondary N) is 1. The lowest BCUT2D eigenvalue weighted by Crippen LogP contribution is -2.40. The average Bonchev–Trinajstić information content (AvgIpc) is 2.81. The summed E-state index contributed by atoms with van der Waals surface area (Å²) in [5, 5.41) is 3.39. The number of fused-ring (bicyclic) bond motifs is 1. The first kappa shape index (κ1) is 12.7. The number of aromatic nitrogens is 1. The quantitative estimate of drug-likeness (QED) is 0.849. The summed E-state index contributed by atoms with van der Waals surface area (Å²) in [6.07, 6.45) is -0.726. The van der Waals surface area contributed by atoms with Gasteiger partial charge in [0.2, 0.25) is 0 Å². The number of pyridine rings is 1. The predicted molar refractivity (Wildman–Crippen MR) is 66.0 cm³/mol. The van der Waals surface area contributed by atoms with E-state index in [0.29, 0.717) is 25.0 Å². The Morgan fingerprint density at radius 3 is 2.89 bits per heavy atom. The average molecular weight is 271 g/mol. The molecule has 104 valence electrons. The van der Waals surface area contributed by atoms with Gasteiger partial charge >= 0.3 is 6.18 Å². The highest BCUT2D eigenvalue weighted by molar-refractivity contribution is 5.49. The molecule has 0 radical (unpaired) electrons. The second-order valence-corrected chi connectivity index (χ2v) is 5.24. The third-order valence-electron chi connectivity index (χ3n) is 3.99. The summed E-state index contributed by atoms with van der Waals surface area (Å²) in [5.41, 5.74) is -0.631. The summed E-state index contributed by atoms with van der Waals surface area (Å²) in [6.45, 7) is 2.24. The molecule has 0 bridgehead atoms. The monoisotopic (exact) mass is 271 g/mol. The topological polar surface area (TPSA) is 28.2 Å². The Hall–Kier alpha value is -1.30. The lowest BCUT2D eigenvalue weighted by Gasteiger charge is -2.24. The maximum Gasteiger partial charge on any atom is 0.419 e. The zero-order valence-corrected chi connectivity index (χ0v) is 10.5. The summed E-state index contributed by atoms with van der Waals surface area (Å²) in [7, 11) is 0. The van der Waals surface area contributed by atoms with Crippen LogP contribution in [0.1, 0.15) is 18.4 Å². The van der Waals surface area contributed by atoms with Gasteiger partial charge < -0.3 is 10.2 Å². The Bertz CT molecular complexity index is 447. The molecule has 2 aliphatic rings. The van der Waals surface area contributed by atoms with E-state index < -0.39 is 11.7 Å². The number of hydrogen-bond donors (Lipinski definition) is 1. The Balaban J connectivity index is 1.87. The fourth-order valence-corrected chi connectivity index (χ4v) is 3.09. The van der Waals surface area contributed by atoms with Gasteiger partial charge in [0.15, 0.2) is 0 Å². The first-order valence-electron chi connectivity index (χ1n) is 6.56. The van der Waals surface area contributed by atoms with Gasteiger partial charge in [0.1, 0.15) is 5.82 Å². The zero-order valence-electron chi connectivity index (χ0n) is 10.5. The van der Waals surface area contributed by atoms with Crippen LogP contribution in [0.3, 0.4) is 0 Å². The first-order valence-corrected chi connectivity index (χ1v) is 6.56. The molecule has 1 aromatic rings. The molecule has 3 heterocycles. The molecule has 0 saturated carbocycles. The highest BCUT2D eigenvalue weighted by Crippen LogP contribution is 2.37. The van der Waals surface area contributed by atoms with Crippen molar-refractivity contribution in [1.82, 2.24) is 10.3 Å². The molecule has 0 unspecified atom stereocenters. The molecular formula is C13H16F3N3. The highest BCUT2D eigenvalue weighted by Gasteiger charge is 2.40. The van der Waals surface area contributed by atoms with E-state index in [4.69, 9.17) is 0 Å². The van der Waals surface area contributed by atoms with Crippen molar-refractivity contribution in [3.63, 3.8) is 0 Å². The van der Waals surface area contributed by atoms with Gasteiger partial charge in [-0.2, -0.15) is 13.2 Å². The molecule has 0 aromatic carbocycles. The first-order chi connectivity index (χ1) is 9.05. The molecule has 2 saturated heterocycles. The van der Waals surface area contributed by atoms with Crippen LogP contribution in [0, 0.1) is 5.92 Å². The molecule has 1 N–H and O–H groups in total. The number of alkyl halides is 3. The van der Waals surface area contributed by atoms with Crippen molar-refractivity contribution in [1.29, 1.82) is 0 Å². The van der Waals surface area contributed by atoms with E-state index in [1.807, 2.05) is 0 Å². The molecule has 3 nitrogen and oxygen atoms in total. The molecule has 2 aliphatic heterocycles. The van der Waals surface area contributed by atoms with E-state index >= 15 is 0 Å². The van der Waals surface area contributed by atoms with Gasteiger partial charge in [-0.05, 0) is 37.4 Å². The Morgan fingerprint density at radius 1 is 1.32 bits per heavy atom. The smallest absolute Gasteiger partial charge is 0.354 e. The summed E-state index contributed by atoms with van der Waals surface area (Å²) in [6, 6.07) is 2.75. The van der Waals surface area contributed by atoms with Crippen LogP contribution in [0.15, 0.2) is 18.3 Å². The van der Waals surface area contributed by atoms with Crippen LogP contribution >= 0.6 is 0 Å². The van der Waals surface area contributed by atoms with Crippen molar-refractivity contribution in [2.75, 3.05) is 24.5 Å². The van der Waals surface area contributed by atoms with Crippen LogP contribution < -0.4 is 10.2 Å². The molecule has 6 heteroatoms. The van der Waals surface area contributed by atoms with Crippen molar-refractivity contribution in [2.24, 2.45) is 5.92 Å².